The van der Waals surface area contributed by atoms with Crippen LogP contribution in [-0.4, -0.2) is 45.9 Å². The van der Waals surface area contributed by atoms with E-state index in [0.717, 1.165) is 54.2 Å². The molecule has 0 spiro atoms. The second-order valence-corrected chi connectivity index (χ2v) is 9.53. The van der Waals surface area contributed by atoms with Crippen molar-refractivity contribution in [2.45, 2.75) is 52.0 Å². The summed E-state index contributed by atoms with van der Waals surface area (Å²) in [6.07, 6.45) is 12.3. The number of para-hydroxylation sites is 1. The maximum absolute atomic E-state index is 12.9. The topological polar surface area (TPSA) is 65.1 Å². The van der Waals surface area contributed by atoms with Crippen LogP contribution in [0, 0.1) is 12.8 Å². The summed E-state index contributed by atoms with van der Waals surface area (Å²) in [7, 11) is 2.15. The van der Waals surface area contributed by atoms with Gasteiger partial charge in [-0.25, -0.2) is 9.97 Å². The highest BCUT2D eigenvalue weighted by Gasteiger charge is 2.28. The number of rotatable bonds is 7. The Hall–Kier alpha value is -2.99. The van der Waals surface area contributed by atoms with Gasteiger partial charge in [0.2, 0.25) is 5.91 Å². The van der Waals surface area contributed by atoms with Crippen LogP contribution in [0.5, 0.6) is 0 Å². The van der Waals surface area contributed by atoms with Crippen molar-refractivity contribution in [2.24, 2.45) is 5.92 Å². The Morgan fingerprint density at radius 1 is 1.18 bits per heavy atom. The Bertz CT molecular complexity index is 1180. The number of aromatic nitrogens is 3. The van der Waals surface area contributed by atoms with E-state index in [0.29, 0.717) is 25.4 Å². The normalized spacial score (nSPS) is 18.3. The predicted octanol–water partition coefficient (Wildman–Crippen LogP) is 4.58. The molecule has 1 atom stereocenters. The lowest BCUT2D eigenvalue weighted by molar-refractivity contribution is -0.118. The largest absolute Gasteiger partial charge is 0.361 e. The van der Waals surface area contributed by atoms with Crippen LogP contribution in [0.15, 0.2) is 42.6 Å². The molecule has 0 fully saturated rings. The molecule has 2 aromatic heterocycles. The number of fused-ring (bicyclic) bond motifs is 2. The Balaban J connectivity index is 1.34. The average molecular weight is 444 g/mol. The highest BCUT2D eigenvalue weighted by molar-refractivity contribution is 5.95. The molecule has 0 bridgehead atoms. The molecule has 5 rings (SSSR count). The first kappa shape index (κ1) is 21.8. The van der Waals surface area contributed by atoms with Gasteiger partial charge in [0.15, 0.2) is 0 Å². The number of benzene rings is 1. The Kier molecular flexibility index (Phi) is 6.27. The summed E-state index contributed by atoms with van der Waals surface area (Å²) < 4.78 is 0. The number of hydrogen-bond donors (Lipinski definition) is 1. The van der Waals surface area contributed by atoms with Gasteiger partial charge in [0.25, 0.3) is 0 Å². The zero-order valence-corrected chi connectivity index (χ0v) is 19.7. The predicted molar refractivity (Wildman–Crippen MR) is 132 cm³/mol. The summed E-state index contributed by atoms with van der Waals surface area (Å²) in [6, 6.07) is 8.32. The van der Waals surface area contributed by atoms with Gasteiger partial charge in [-0.3, -0.25) is 14.6 Å². The second-order valence-electron chi connectivity index (χ2n) is 9.53. The lowest BCUT2D eigenvalue weighted by atomic mass is 9.94. The third-order valence-corrected chi connectivity index (χ3v) is 7.02. The van der Waals surface area contributed by atoms with Crippen LogP contribution in [0.25, 0.3) is 10.9 Å². The highest BCUT2D eigenvalue weighted by Crippen LogP contribution is 2.29. The second kappa shape index (κ2) is 9.48. The number of amides is 1. The van der Waals surface area contributed by atoms with Crippen molar-refractivity contribution in [1.82, 2.24) is 19.9 Å². The minimum absolute atomic E-state index is 0.161. The van der Waals surface area contributed by atoms with Gasteiger partial charge >= 0.3 is 0 Å². The van der Waals surface area contributed by atoms with Gasteiger partial charge in [-0.2, -0.15) is 0 Å². The molecule has 2 aliphatic rings. The van der Waals surface area contributed by atoms with E-state index in [9.17, 15) is 4.79 Å². The summed E-state index contributed by atoms with van der Waals surface area (Å²) >= 11 is 0. The van der Waals surface area contributed by atoms with E-state index in [1.165, 1.54) is 23.8 Å². The molecule has 33 heavy (non-hydrogen) atoms. The number of nitrogens with zero attached hydrogens (tertiary/aromatic N) is 4. The Morgan fingerprint density at radius 3 is 2.91 bits per heavy atom. The van der Waals surface area contributed by atoms with E-state index in [-0.39, 0.29) is 5.91 Å². The number of aryl methyl sites for hydroxylation is 1. The van der Waals surface area contributed by atoms with Crippen molar-refractivity contribution in [1.29, 1.82) is 0 Å². The van der Waals surface area contributed by atoms with Crippen LogP contribution in [-0.2, 0) is 24.2 Å². The molecule has 1 aromatic carbocycles. The number of H-pyrrole nitrogens is 1. The van der Waals surface area contributed by atoms with Crippen molar-refractivity contribution in [3.8, 4) is 0 Å². The number of nitrogens with one attached hydrogen (secondary N) is 1. The molecule has 172 valence electrons. The van der Waals surface area contributed by atoms with Gasteiger partial charge in [-0.15, -0.1) is 0 Å². The minimum atomic E-state index is 0.161. The van der Waals surface area contributed by atoms with Crippen molar-refractivity contribution in [3.05, 3.63) is 65.3 Å². The molecule has 1 aliphatic carbocycles. The first-order valence-corrected chi connectivity index (χ1v) is 12.1. The smallest absolute Gasteiger partial charge is 0.228 e. The van der Waals surface area contributed by atoms with E-state index in [2.05, 4.69) is 60.4 Å². The summed E-state index contributed by atoms with van der Waals surface area (Å²) in [5.74, 6) is 2.50. The Morgan fingerprint density at radius 2 is 2.06 bits per heavy atom. The van der Waals surface area contributed by atoms with E-state index in [1.807, 2.05) is 11.0 Å². The maximum atomic E-state index is 12.9. The van der Waals surface area contributed by atoms with Gasteiger partial charge in [0.1, 0.15) is 11.6 Å². The molecule has 0 radical (unpaired) electrons. The lowest BCUT2D eigenvalue weighted by Gasteiger charge is -2.30. The summed E-state index contributed by atoms with van der Waals surface area (Å²) in [4.78, 5) is 30.2. The van der Waals surface area contributed by atoms with E-state index >= 15 is 0 Å². The van der Waals surface area contributed by atoms with Crippen LogP contribution in [0.1, 0.15) is 48.3 Å². The van der Waals surface area contributed by atoms with Crippen molar-refractivity contribution in [3.63, 3.8) is 0 Å². The molecule has 3 aromatic rings. The van der Waals surface area contributed by atoms with Crippen LogP contribution in [0.3, 0.4) is 0 Å². The molecule has 0 saturated carbocycles. The molecule has 1 amide bonds. The fourth-order valence-corrected chi connectivity index (χ4v) is 5.28. The molecule has 1 N–H and O–H groups in total. The van der Waals surface area contributed by atoms with Crippen LogP contribution >= 0.6 is 0 Å². The fraction of sp³-hybridized carbons (Fsp3) is 0.444. The molecule has 1 unspecified atom stereocenters. The summed E-state index contributed by atoms with van der Waals surface area (Å²) in [6.45, 7) is 4.45. The minimum Gasteiger partial charge on any atom is -0.361 e. The number of carbonyl (C=O) groups is 1. The molecular formula is C27H33N5O. The monoisotopic (exact) mass is 443 g/mol. The summed E-state index contributed by atoms with van der Waals surface area (Å²) in [5.41, 5.74) is 4.50. The number of carbonyl (C=O) groups excluding carboxylic acids is 1. The molecule has 1 aliphatic heterocycles. The van der Waals surface area contributed by atoms with Crippen molar-refractivity contribution >= 4 is 22.6 Å². The standard InChI is InChI=1S/C27H33N5O/c1-19-22-12-13-26(33)32(15-14-21-16-28-24-11-7-6-10-23(21)24)27(22)30-25(29-19)18-31(2)17-20-8-4-3-5-9-20/h3-4,6-7,10-11,16,20,28H,5,8-9,12-15,17-18H2,1-2H3. The van der Waals surface area contributed by atoms with Crippen LogP contribution in [0.2, 0.25) is 0 Å². The van der Waals surface area contributed by atoms with Gasteiger partial charge in [-0.1, -0.05) is 30.4 Å². The fourth-order valence-electron chi connectivity index (χ4n) is 5.28. The van der Waals surface area contributed by atoms with Crippen LogP contribution < -0.4 is 4.90 Å². The van der Waals surface area contributed by atoms with Crippen molar-refractivity contribution < 1.29 is 4.79 Å². The number of aromatic amines is 1. The first-order valence-electron chi connectivity index (χ1n) is 12.1. The maximum Gasteiger partial charge on any atom is 0.228 e. The zero-order valence-electron chi connectivity index (χ0n) is 19.7. The average Bonchev–Trinajstić information content (AvgIpc) is 3.22. The van der Waals surface area contributed by atoms with Gasteiger partial charge in [-0.05, 0) is 63.6 Å². The van der Waals surface area contributed by atoms with E-state index in [4.69, 9.17) is 9.97 Å². The van der Waals surface area contributed by atoms with Gasteiger partial charge in [0, 0.05) is 47.9 Å². The number of allylic oxidation sites excluding steroid dienone is 2. The highest BCUT2D eigenvalue weighted by atomic mass is 16.2. The molecule has 6 nitrogen and oxygen atoms in total. The third kappa shape index (κ3) is 4.71. The molecule has 6 heteroatoms. The number of hydrogen-bond acceptors (Lipinski definition) is 4. The first-order chi connectivity index (χ1) is 16.1. The zero-order chi connectivity index (χ0) is 22.8. The lowest BCUT2D eigenvalue weighted by Crippen LogP contribution is -2.38. The summed E-state index contributed by atoms with van der Waals surface area (Å²) in [5, 5.41) is 1.22. The molecule has 0 saturated heterocycles. The van der Waals surface area contributed by atoms with Gasteiger partial charge < -0.3 is 4.98 Å². The quantitative estimate of drug-likeness (QED) is 0.543. The van der Waals surface area contributed by atoms with Crippen LogP contribution in [0.4, 0.5) is 5.82 Å². The van der Waals surface area contributed by atoms with Gasteiger partial charge in [0.05, 0.1) is 6.54 Å². The SMILES string of the molecule is Cc1nc(CN(C)CC2CC=CCC2)nc2c1CCC(=O)N2CCc1c[nH]c2ccccc12. The molecular weight excluding hydrogens is 410 g/mol. The van der Waals surface area contributed by atoms with Crippen molar-refractivity contribution in [2.75, 3.05) is 25.0 Å². The number of anilines is 1. The Labute approximate surface area is 195 Å². The third-order valence-electron chi connectivity index (χ3n) is 7.02. The van der Waals surface area contributed by atoms with E-state index in [1.54, 1.807) is 0 Å². The molecule has 3 heterocycles. The van der Waals surface area contributed by atoms with E-state index < -0.39 is 0 Å².